The number of halogens is 1. The molecule has 38 heavy (non-hydrogen) atoms. The van der Waals surface area contributed by atoms with E-state index in [0.29, 0.717) is 30.2 Å². The smallest absolute Gasteiger partial charge is 0.211 e. The molecule has 0 aromatic heterocycles. The third kappa shape index (κ3) is 12.9. The van der Waals surface area contributed by atoms with Crippen LogP contribution in [0.15, 0.2) is 48.6 Å². The summed E-state index contributed by atoms with van der Waals surface area (Å²) in [5.74, 6) is 0.655. The number of rotatable bonds is 7. The minimum absolute atomic E-state index is 0.0541. The van der Waals surface area contributed by atoms with Crippen molar-refractivity contribution < 1.29 is 16.8 Å². The number of fused-ring (bicyclic) bond motifs is 1. The predicted molar refractivity (Wildman–Crippen MR) is 171 cm³/mol. The predicted octanol–water partition coefficient (Wildman–Crippen LogP) is 8.10. The van der Waals surface area contributed by atoms with E-state index in [9.17, 15) is 16.8 Å². The van der Waals surface area contributed by atoms with Crippen molar-refractivity contribution in [3.05, 3.63) is 64.7 Å². The van der Waals surface area contributed by atoms with Gasteiger partial charge in [-0.1, -0.05) is 69.7 Å². The summed E-state index contributed by atoms with van der Waals surface area (Å²) in [6, 6.07) is 6.02. The summed E-state index contributed by atoms with van der Waals surface area (Å²) in [5.41, 5.74) is 4.60. The first kappa shape index (κ1) is 37.0. The highest BCUT2D eigenvalue weighted by Gasteiger charge is 2.33. The zero-order chi connectivity index (χ0) is 29.5. The Morgan fingerprint density at radius 1 is 1.08 bits per heavy atom. The Hall–Kier alpha value is -0.980. The molecule has 1 aliphatic heterocycles. The van der Waals surface area contributed by atoms with E-state index in [0.717, 1.165) is 48.8 Å². The maximum absolute atomic E-state index is 11.9. The molecule has 0 N–H and O–H groups in total. The van der Waals surface area contributed by atoms with Crippen LogP contribution in [0.2, 0.25) is 5.02 Å². The van der Waals surface area contributed by atoms with E-state index in [4.69, 9.17) is 11.6 Å². The molecule has 0 spiro atoms. The molecule has 9 heteroatoms. The van der Waals surface area contributed by atoms with Gasteiger partial charge in [0.2, 0.25) is 10.0 Å². The molecule has 2 atom stereocenters. The van der Waals surface area contributed by atoms with Gasteiger partial charge in [-0.15, -0.1) is 6.58 Å². The van der Waals surface area contributed by atoms with Crippen LogP contribution in [0.4, 0.5) is 0 Å². The van der Waals surface area contributed by atoms with Crippen LogP contribution in [0.1, 0.15) is 83.8 Å². The molecule has 0 amide bonds. The Balaban J connectivity index is 0.00000179. The molecule has 1 aromatic carbocycles. The number of allylic oxidation sites excluding steroid dienone is 3. The zero-order valence-electron chi connectivity index (χ0n) is 24.4. The monoisotopic (exact) mass is 605 g/mol. The van der Waals surface area contributed by atoms with Crippen LogP contribution in [0, 0.1) is 5.92 Å². The Bertz CT molecular complexity index is 1120. The van der Waals surface area contributed by atoms with Crippen LogP contribution in [-0.2, 0) is 19.5 Å². The van der Waals surface area contributed by atoms with Crippen molar-refractivity contribution >= 4 is 44.9 Å². The number of hydrogen-bond donors (Lipinski definition) is 0. The van der Waals surface area contributed by atoms with Gasteiger partial charge in [0.1, 0.15) is 0 Å². The van der Waals surface area contributed by atoms with E-state index in [1.807, 2.05) is 46.8 Å². The topological polar surface area (TPSA) is 71.5 Å². The van der Waals surface area contributed by atoms with E-state index < -0.39 is 19.5 Å². The summed E-state index contributed by atoms with van der Waals surface area (Å²) in [5, 5.41) is 0.686. The third-order valence-electron chi connectivity index (χ3n) is 6.22. The maximum atomic E-state index is 11.9. The van der Waals surface area contributed by atoms with Crippen LogP contribution in [0.25, 0.3) is 6.08 Å². The second kappa shape index (κ2) is 18.4. The van der Waals surface area contributed by atoms with Crippen molar-refractivity contribution in [2.24, 2.45) is 5.92 Å². The molecule has 1 heterocycles. The molecule has 3 rings (SSSR count). The van der Waals surface area contributed by atoms with E-state index in [2.05, 4.69) is 25.3 Å². The lowest BCUT2D eigenvalue weighted by Crippen LogP contribution is -2.39. The quantitative estimate of drug-likeness (QED) is 0.179. The lowest BCUT2D eigenvalue weighted by molar-refractivity contribution is 0.243. The fourth-order valence-electron chi connectivity index (χ4n) is 4.62. The van der Waals surface area contributed by atoms with Gasteiger partial charge < -0.3 is 0 Å². The number of piperidine rings is 1. The van der Waals surface area contributed by atoms with E-state index in [-0.39, 0.29) is 13.7 Å². The fourth-order valence-corrected chi connectivity index (χ4v) is 7.91. The van der Waals surface area contributed by atoms with Gasteiger partial charge in [-0.25, -0.2) is 21.1 Å². The normalized spacial score (nSPS) is 18.5. The van der Waals surface area contributed by atoms with Gasteiger partial charge in [0, 0.05) is 32.2 Å². The van der Waals surface area contributed by atoms with Gasteiger partial charge in [0.15, 0.2) is 9.46 Å². The molecule has 1 aliphatic carbocycles. The Labute approximate surface area is 240 Å². The van der Waals surface area contributed by atoms with Gasteiger partial charge in [-0.3, -0.25) is 0 Å². The maximum Gasteiger partial charge on any atom is 0.211 e. The summed E-state index contributed by atoms with van der Waals surface area (Å²) in [4.78, 5) is 0. The molecule has 0 saturated carbocycles. The molecule has 0 radical (unpaired) electrons. The molecule has 1 aromatic rings. The summed E-state index contributed by atoms with van der Waals surface area (Å²) in [6.45, 7) is 18.7. The average molecular weight is 606 g/mol. The van der Waals surface area contributed by atoms with E-state index >= 15 is 0 Å². The third-order valence-corrected chi connectivity index (χ3v) is 11.0. The highest BCUT2D eigenvalue weighted by molar-refractivity contribution is 8.43. The largest absolute Gasteiger partial charge is 0.225 e. The summed E-state index contributed by atoms with van der Waals surface area (Å²) >= 11 is 6.30. The number of benzene rings is 1. The van der Waals surface area contributed by atoms with E-state index in [1.165, 1.54) is 18.1 Å². The van der Waals surface area contributed by atoms with Crippen molar-refractivity contribution in [3.8, 4) is 0 Å². The van der Waals surface area contributed by atoms with Crippen LogP contribution in [0.5, 0.6) is 0 Å². The van der Waals surface area contributed by atoms with Crippen molar-refractivity contribution in [3.63, 3.8) is 0 Å². The summed E-state index contributed by atoms with van der Waals surface area (Å²) in [7, 11) is -6.12. The standard InChI is InChI=1S/C22H31ClNO4PS2.C3H6.2C2H6/c1-16-13-22(17-8-10-24(11-9-17)30(2,25)26)21-7-6-20(23)15-19(21)14-18(16)5-4-12-29-31(3,27)28;1-3-2;2*1-2/h6-7,14-15,17,22,29H,1,4-5,8-13H2,2-3H3;3H,1H2,2H3;2*1-2H3. The minimum atomic E-state index is -3.15. The number of sulfonamides is 1. The van der Waals surface area contributed by atoms with Crippen molar-refractivity contribution in [2.75, 3.05) is 31.8 Å². The molecule has 0 bridgehead atoms. The molecular formula is C29H49ClNO4PS2. The summed E-state index contributed by atoms with van der Waals surface area (Å²) < 4.78 is 48.2. The first-order valence-corrected chi connectivity index (χ1v) is 19.6. The number of hydrogen-bond acceptors (Lipinski definition) is 4. The van der Waals surface area contributed by atoms with Crippen LogP contribution >= 0.6 is 19.4 Å². The highest BCUT2D eigenvalue weighted by atomic mass is 35.5. The number of nitrogens with zero attached hydrogens (tertiary/aromatic N) is 1. The van der Waals surface area contributed by atoms with Crippen molar-refractivity contribution in [1.29, 1.82) is 0 Å². The minimum Gasteiger partial charge on any atom is -0.225 e. The van der Waals surface area contributed by atoms with E-state index in [1.54, 1.807) is 10.4 Å². The first-order valence-electron chi connectivity index (χ1n) is 13.5. The van der Waals surface area contributed by atoms with Gasteiger partial charge in [0.05, 0.1) is 6.26 Å². The molecule has 5 nitrogen and oxygen atoms in total. The molecule has 1 saturated heterocycles. The Kier molecular flexibility index (Phi) is 17.9. The summed E-state index contributed by atoms with van der Waals surface area (Å²) in [6.07, 6.45) is 11.2. The second-order valence-corrected chi connectivity index (χ2v) is 16.9. The lowest BCUT2D eigenvalue weighted by atomic mass is 9.76. The molecular weight excluding hydrogens is 557 g/mol. The highest BCUT2D eigenvalue weighted by Crippen LogP contribution is 2.44. The van der Waals surface area contributed by atoms with Crippen molar-refractivity contribution in [1.82, 2.24) is 4.31 Å². The van der Waals surface area contributed by atoms with Crippen LogP contribution < -0.4 is 0 Å². The lowest BCUT2D eigenvalue weighted by Gasteiger charge is -2.35. The van der Waals surface area contributed by atoms with Crippen molar-refractivity contribution in [2.45, 2.75) is 72.6 Å². The second-order valence-electron chi connectivity index (χ2n) is 9.03. The molecule has 218 valence electrons. The van der Waals surface area contributed by atoms with Gasteiger partial charge >= 0.3 is 0 Å². The van der Waals surface area contributed by atoms with Gasteiger partial charge in [0.25, 0.3) is 0 Å². The van der Waals surface area contributed by atoms with Gasteiger partial charge in [-0.2, -0.15) is 0 Å². The zero-order valence-corrected chi connectivity index (χ0v) is 27.8. The first-order chi connectivity index (χ1) is 17.9. The Morgan fingerprint density at radius 2 is 1.63 bits per heavy atom. The van der Waals surface area contributed by atoms with Crippen LogP contribution in [-0.4, -0.2) is 52.9 Å². The molecule has 1 fully saturated rings. The molecule has 2 unspecified atom stereocenters. The SMILES string of the molecule is C=C1CC(C2CCN(S(C)(=O)=O)CC2)c2ccc(Cl)cc2C=C1CCCPS(C)(=O)=O.C=CC.CC.CC. The Morgan fingerprint density at radius 3 is 2.13 bits per heavy atom. The van der Waals surface area contributed by atoms with Crippen LogP contribution in [0.3, 0.4) is 0 Å². The molecule has 2 aliphatic rings. The van der Waals surface area contributed by atoms with Gasteiger partial charge in [-0.05, 0) is 85.9 Å². The average Bonchev–Trinajstić information content (AvgIpc) is 2.99. The fraction of sp³-hybridized carbons (Fsp3) is 0.586.